The topological polar surface area (TPSA) is 49.4 Å². The first kappa shape index (κ1) is 23.8. The maximum Gasteiger partial charge on any atom is 0.266 e. The van der Waals surface area contributed by atoms with Gasteiger partial charge in [0.1, 0.15) is 4.32 Å². The Balaban J connectivity index is 1.42. The van der Waals surface area contributed by atoms with Gasteiger partial charge in [0.15, 0.2) is 0 Å². The smallest absolute Gasteiger partial charge is 0.266 e. The number of rotatable bonds is 8. The SMILES string of the molecule is Cc1ccc(/C=C2\SC(=S)N(CCCCCC(=O)Nc3cc(Cl)cc(Cl)c3)C2=O)cc1. The molecule has 1 heterocycles. The van der Waals surface area contributed by atoms with Gasteiger partial charge in [-0.2, -0.15) is 0 Å². The summed E-state index contributed by atoms with van der Waals surface area (Å²) in [6.45, 7) is 2.58. The number of halogens is 2. The van der Waals surface area contributed by atoms with E-state index in [1.165, 1.54) is 17.3 Å². The lowest BCUT2D eigenvalue weighted by atomic mass is 10.1. The minimum Gasteiger partial charge on any atom is -0.326 e. The first-order valence-corrected chi connectivity index (χ1v) is 11.9. The van der Waals surface area contributed by atoms with Crippen LogP contribution >= 0.6 is 47.2 Å². The van der Waals surface area contributed by atoms with Crippen LogP contribution in [0.5, 0.6) is 0 Å². The van der Waals surface area contributed by atoms with Gasteiger partial charge in [0.05, 0.1) is 4.91 Å². The Kier molecular flexibility index (Phi) is 8.55. The number of thioether (sulfide) groups is 1. The Morgan fingerprint density at radius 1 is 1.10 bits per heavy atom. The van der Waals surface area contributed by atoms with Crippen molar-refractivity contribution in [1.29, 1.82) is 0 Å². The molecule has 3 rings (SSSR count). The minimum atomic E-state index is -0.0926. The molecule has 0 radical (unpaired) electrons. The Morgan fingerprint density at radius 3 is 2.45 bits per heavy atom. The molecule has 8 heteroatoms. The number of benzene rings is 2. The highest BCUT2D eigenvalue weighted by atomic mass is 35.5. The second-order valence-electron chi connectivity index (χ2n) is 7.26. The predicted molar refractivity (Wildman–Crippen MR) is 135 cm³/mol. The average molecular weight is 493 g/mol. The fraction of sp³-hybridized carbons (Fsp3) is 0.261. The second-order valence-corrected chi connectivity index (χ2v) is 9.81. The van der Waals surface area contributed by atoms with Crippen LogP contribution in [0.25, 0.3) is 6.08 Å². The number of thiocarbonyl (C=S) groups is 1. The van der Waals surface area contributed by atoms with E-state index in [1.54, 1.807) is 23.1 Å². The molecule has 1 aliphatic heterocycles. The lowest BCUT2D eigenvalue weighted by Crippen LogP contribution is -2.29. The first-order chi connectivity index (χ1) is 14.8. The van der Waals surface area contributed by atoms with Crippen LogP contribution in [0.15, 0.2) is 47.4 Å². The zero-order valence-electron chi connectivity index (χ0n) is 17.0. The van der Waals surface area contributed by atoms with Crippen LogP contribution in [0.3, 0.4) is 0 Å². The molecule has 31 heavy (non-hydrogen) atoms. The molecular formula is C23H22Cl2N2O2S2. The van der Waals surface area contributed by atoms with Crippen molar-refractivity contribution in [3.05, 3.63) is 68.5 Å². The molecule has 2 aromatic carbocycles. The molecule has 1 aliphatic rings. The highest BCUT2D eigenvalue weighted by Gasteiger charge is 2.31. The molecule has 1 N–H and O–H groups in total. The molecule has 0 atom stereocenters. The third-order valence-electron chi connectivity index (χ3n) is 4.68. The van der Waals surface area contributed by atoms with Gasteiger partial charge in [0, 0.05) is 28.7 Å². The van der Waals surface area contributed by atoms with E-state index in [-0.39, 0.29) is 11.8 Å². The summed E-state index contributed by atoms with van der Waals surface area (Å²) in [7, 11) is 0. The number of anilines is 1. The highest BCUT2D eigenvalue weighted by Crippen LogP contribution is 2.32. The van der Waals surface area contributed by atoms with Crippen LogP contribution in [0.2, 0.25) is 10.0 Å². The molecule has 162 valence electrons. The molecule has 0 spiro atoms. The van der Waals surface area contributed by atoms with E-state index in [2.05, 4.69) is 5.32 Å². The van der Waals surface area contributed by atoms with Crippen molar-refractivity contribution in [1.82, 2.24) is 4.90 Å². The quantitative estimate of drug-likeness (QED) is 0.253. The number of amides is 2. The number of unbranched alkanes of at least 4 members (excludes halogenated alkanes) is 2. The average Bonchev–Trinajstić information content (AvgIpc) is 2.96. The fourth-order valence-corrected chi connectivity index (χ4v) is 4.92. The summed E-state index contributed by atoms with van der Waals surface area (Å²) < 4.78 is 0.582. The molecule has 1 saturated heterocycles. The first-order valence-electron chi connectivity index (χ1n) is 9.90. The van der Waals surface area contributed by atoms with E-state index in [4.69, 9.17) is 35.4 Å². The van der Waals surface area contributed by atoms with E-state index in [0.717, 1.165) is 18.4 Å². The van der Waals surface area contributed by atoms with E-state index < -0.39 is 0 Å². The standard InChI is InChI=1S/C23H22Cl2N2O2S2/c1-15-6-8-16(9-7-15)11-20-22(29)27(23(30)31-20)10-4-2-3-5-21(28)26-19-13-17(24)12-18(25)14-19/h6-9,11-14H,2-5,10H2,1H3,(H,26,28)/b20-11-. The third kappa shape index (κ3) is 7.07. The molecule has 4 nitrogen and oxygen atoms in total. The lowest BCUT2D eigenvalue weighted by molar-refractivity contribution is -0.122. The van der Waals surface area contributed by atoms with Crippen molar-refractivity contribution in [3.8, 4) is 0 Å². The molecule has 1 fully saturated rings. The molecule has 2 aromatic rings. The predicted octanol–water partition coefficient (Wildman–Crippen LogP) is 6.70. The summed E-state index contributed by atoms with van der Waals surface area (Å²) in [5, 5.41) is 3.75. The van der Waals surface area contributed by atoms with E-state index in [9.17, 15) is 9.59 Å². The van der Waals surface area contributed by atoms with Gasteiger partial charge in [-0.1, -0.05) is 83.4 Å². The van der Waals surface area contributed by atoms with Crippen molar-refractivity contribution < 1.29 is 9.59 Å². The fourth-order valence-electron chi connectivity index (χ4n) is 3.09. The Morgan fingerprint density at radius 2 is 1.77 bits per heavy atom. The number of nitrogens with zero attached hydrogens (tertiary/aromatic N) is 1. The van der Waals surface area contributed by atoms with Crippen LogP contribution in [-0.2, 0) is 9.59 Å². The number of carbonyl (C=O) groups is 2. The van der Waals surface area contributed by atoms with E-state index in [1.807, 2.05) is 37.3 Å². The van der Waals surface area contributed by atoms with Crippen LogP contribution < -0.4 is 5.32 Å². The molecule has 0 saturated carbocycles. The number of aryl methyl sites for hydroxylation is 1. The lowest BCUT2D eigenvalue weighted by Gasteiger charge is -2.14. The monoisotopic (exact) mass is 492 g/mol. The maximum absolute atomic E-state index is 12.7. The summed E-state index contributed by atoms with van der Waals surface area (Å²) in [5.41, 5.74) is 2.74. The normalized spacial score (nSPS) is 15.1. The number of nitrogens with one attached hydrogen (secondary N) is 1. The molecular weight excluding hydrogens is 471 g/mol. The van der Waals surface area contributed by atoms with Gasteiger partial charge in [0.2, 0.25) is 5.91 Å². The summed E-state index contributed by atoms with van der Waals surface area (Å²) >= 11 is 18.6. The Hall–Kier alpha value is -1.86. The van der Waals surface area contributed by atoms with Crippen LogP contribution in [0, 0.1) is 6.92 Å². The summed E-state index contributed by atoms with van der Waals surface area (Å²) in [6, 6.07) is 12.9. The molecule has 0 aliphatic carbocycles. The summed E-state index contributed by atoms with van der Waals surface area (Å²) in [6.07, 6.45) is 4.58. The third-order valence-corrected chi connectivity index (χ3v) is 6.49. The van der Waals surface area contributed by atoms with Crippen molar-refractivity contribution in [2.24, 2.45) is 0 Å². The Labute approximate surface area is 202 Å². The van der Waals surface area contributed by atoms with Crippen molar-refractivity contribution in [2.45, 2.75) is 32.6 Å². The highest BCUT2D eigenvalue weighted by molar-refractivity contribution is 8.26. The van der Waals surface area contributed by atoms with Gasteiger partial charge in [-0.25, -0.2) is 0 Å². The molecule has 0 bridgehead atoms. The zero-order valence-corrected chi connectivity index (χ0v) is 20.1. The van der Waals surface area contributed by atoms with Gasteiger partial charge in [-0.15, -0.1) is 0 Å². The van der Waals surface area contributed by atoms with Crippen LogP contribution in [0.4, 0.5) is 5.69 Å². The van der Waals surface area contributed by atoms with Gasteiger partial charge >= 0.3 is 0 Å². The largest absolute Gasteiger partial charge is 0.326 e. The number of hydrogen-bond acceptors (Lipinski definition) is 4. The van der Waals surface area contributed by atoms with E-state index in [0.29, 0.717) is 44.3 Å². The van der Waals surface area contributed by atoms with Crippen molar-refractivity contribution in [3.63, 3.8) is 0 Å². The summed E-state index contributed by atoms with van der Waals surface area (Å²) in [5.74, 6) is -0.142. The van der Waals surface area contributed by atoms with Gasteiger partial charge in [0.25, 0.3) is 5.91 Å². The van der Waals surface area contributed by atoms with Gasteiger partial charge in [-0.05, 0) is 49.6 Å². The maximum atomic E-state index is 12.7. The molecule has 0 aromatic heterocycles. The minimum absolute atomic E-state index is 0.0499. The van der Waals surface area contributed by atoms with Crippen LogP contribution in [-0.4, -0.2) is 27.6 Å². The second kappa shape index (κ2) is 11.1. The van der Waals surface area contributed by atoms with Gasteiger partial charge < -0.3 is 5.32 Å². The van der Waals surface area contributed by atoms with E-state index >= 15 is 0 Å². The van der Waals surface area contributed by atoms with Crippen molar-refractivity contribution >= 4 is 75.1 Å². The number of hydrogen-bond donors (Lipinski definition) is 1. The summed E-state index contributed by atoms with van der Waals surface area (Å²) in [4.78, 5) is 27.1. The zero-order chi connectivity index (χ0) is 22.4. The Bertz CT molecular complexity index is 1000. The number of carbonyl (C=O) groups excluding carboxylic acids is 2. The van der Waals surface area contributed by atoms with Crippen molar-refractivity contribution in [2.75, 3.05) is 11.9 Å². The molecule has 0 unspecified atom stereocenters. The van der Waals surface area contributed by atoms with Crippen LogP contribution in [0.1, 0.15) is 36.8 Å². The van der Waals surface area contributed by atoms with Gasteiger partial charge in [-0.3, -0.25) is 14.5 Å². The molecule has 2 amide bonds.